The van der Waals surface area contributed by atoms with E-state index in [1.807, 2.05) is 6.07 Å². The number of piperidine rings is 1. The Kier molecular flexibility index (Phi) is 5.97. The molecule has 0 saturated carbocycles. The molecule has 2 aromatic carbocycles. The molecule has 0 atom stereocenters. The molecule has 1 fully saturated rings. The van der Waals surface area contributed by atoms with Crippen molar-refractivity contribution in [1.82, 2.24) is 9.97 Å². The van der Waals surface area contributed by atoms with Gasteiger partial charge in [-0.05, 0) is 49.1 Å². The van der Waals surface area contributed by atoms with Gasteiger partial charge in [-0.1, -0.05) is 30.3 Å². The molecule has 3 heterocycles. The number of nitrogens with one attached hydrogen (secondary N) is 1. The highest BCUT2D eigenvalue weighted by Crippen LogP contribution is 2.37. The molecule has 0 bridgehead atoms. The number of rotatable bonds is 4. The predicted molar refractivity (Wildman–Crippen MR) is 126 cm³/mol. The van der Waals surface area contributed by atoms with Crippen molar-refractivity contribution in [3.05, 3.63) is 66.3 Å². The minimum atomic E-state index is 0. The van der Waals surface area contributed by atoms with Gasteiger partial charge in [0.05, 0.1) is 5.39 Å². The Labute approximate surface area is 181 Å². The fraction of sp³-hybridized carbons (Fsp3) is 0.217. The van der Waals surface area contributed by atoms with Gasteiger partial charge in [-0.25, -0.2) is 9.97 Å². The molecule has 29 heavy (non-hydrogen) atoms. The van der Waals surface area contributed by atoms with Crippen LogP contribution in [0.5, 0.6) is 0 Å². The Morgan fingerprint density at radius 1 is 0.862 bits per heavy atom. The summed E-state index contributed by atoms with van der Waals surface area (Å²) in [7, 11) is 0. The second-order valence-corrected chi connectivity index (χ2v) is 8.00. The maximum atomic E-state index is 4.55. The molecular weight excluding hydrogens is 400 g/mol. The average molecular weight is 423 g/mol. The molecule has 0 unspecified atom stereocenters. The van der Waals surface area contributed by atoms with E-state index in [1.165, 1.54) is 36.1 Å². The first-order valence-corrected chi connectivity index (χ1v) is 10.7. The van der Waals surface area contributed by atoms with E-state index in [1.54, 1.807) is 17.7 Å². The normalized spacial score (nSPS) is 13.9. The third kappa shape index (κ3) is 4.07. The monoisotopic (exact) mass is 422 g/mol. The minimum absolute atomic E-state index is 0. The number of hydrogen-bond donors (Lipinski definition) is 1. The van der Waals surface area contributed by atoms with Crippen molar-refractivity contribution in [1.29, 1.82) is 0 Å². The van der Waals surface area contributed by atoms with Crippen molar-refractivity contribution in [3.63, 3.8) is 0 Å². The summed E-state index contributed by atoms with van der Waals surface area (Å²) in [6.07, 6.45) is 5.57. The maximum Gasteiger partial charge on any atom is 0.143 e. The predicted octanol–water partition coefficient (Wildman–Crippen LogP) is 6.51. The molecule has 0 spiro atoms. The first-order valence-electron chi connectivity index (χ1n) is 9.78. The van der Waals surface area contributed by atoms with Crippen LogP contribution in [0.3, 0.4) is 0 Å². The summed E-state index contributed by atoms with van der Waals surface area (Å²) in [5.41, 5.74) is 4.71. The number of nitrogens with zero attached hydrogens (tertiary/aromatic N) is 3. The van der Waals surface area contributed by atoms with Gasteiger partial charge in [0.1, 0.15) is 17.0 Å². The average Bonchev–Trinajstić information content (AvgIpc) is 3.21. The largest absolute Gasteiger partial charge is 0.372 e. The van der Waals surface area contributed by atoms with Crippen LogP contribution in [0.25, 0.3) is 21.3 Å². The SMILES string of the molecule is Cl.c1ccc(-c2csc3ncnc(Nc4ccc(N5CCCCC5)cc4)c23)cc1. The van der Waals surface area contributed by atoms with Gasteiger partial charge >= 0.3 is 0 Å². The first-order chi connectivity index (χ1) is 13.9. The second kappa shape index (κ2) is 8.80. The molecule has 2 aromatic heterocycles. The number of halogens is 1. The van der Waals surface area contributed by atoms with Gasteiger partial charge in [0.2, 0.25) is 0 Å². The van der Waals surface area contributed by atoms with Crippen LogP contribution in [0.15, 0.2) is 66.3 Å². The molecule has 0 amide bonds. The van der Waals surface area contributed by atoms with E-state index in [9.17, 15) is 0 Å². The minimum Gasteiger partial charge on any atom is -0.372 e. The van der Waals surface area contributed by atoms with Gasteiger partial charge < -0.3 is 10.2 Å². The number of anilines is 3. The molecule has 148 valence electrons. The van der Waals surface area contributed by atoms with Crippen molar-refractivity contribution in [3.8, 4) is 11.1 Å². The van der Waals surface area contributed by atoms with E-state index >= 15 is 0 Å². The Balaban J connectivity index is 0.00000205. The Morgan fingerprint density at radius 2 is 1.62 bits per heavy atom. The standard InChI is InChI=1S/C23H22N4S.ClH/c1-3-7-17(8-4-1)20-15-28-23-21(20)22(24-16-25-23)26-18-9-11-19(12-10-18)27-13-5-2-6-14-27;/h1,3-4,7-12,15-16H,2,5-6,13-14H2,(H,24,25,26);1H. The van der Waals surface area contributed by atoms with Crippen LogP contribution in [0.1, 0.15) is 19.3 Å². The lowest BCUT2D eigenvalue weighted by atomic mass is 10.1. The Morgan fingerprint density at radius 3 is 2.38 bits per heavy atom. The van der Waals surface area contributed by atoms with Crippen LogP contribution in [0.4, 0.5) is 17.2 Å². The van der Waals surface area contributed by atoms with Crippen LogP contribution in [-0.4, -0.2) is 23.1 Å². The first kappa shape index (κ1) is 19.7. The molecule has 1 aliphatic rings. The zero-order valence-corrected chi connectivity index (χ0v) is 17.7. The van der Waals surface area contributed by atoms with Gasteiger partial charge in [0.25, 0.3) is 0 Å². The second-order valence-electron chi connectivity index (χ2n) is 7.14. The van der Waals surface area contributed by atoms with E-state index in [2.05, 4.69) is 74.1 Å². The van der Waals surface area contributed by atoms with Crippen molar-refractivity contribution in [2.75, 3.05) is 23.3 Å². The van der Waals surface area contributed by atoms with E-state index in [-0.39, 0.29) is 12.4 Å². The third-order valence-corrected chi connectivity index (χ3v) is 6.19. The topological polar surface area (TPSA) is 41.1 Å². The summed E-state index contributed by atoms with van der Waals surface area (Å²) in [6.45, 7) is 2.32. The molecule has 6 heteroatoms. The number of fused-ring (bicyclic) bond motifs is 1. The summed E-state index contributed by atoms with van der Waals surface area (Å²) < 4.78 is 0. The summed E-state index contributed by atoms with van der Waals surface area (Å²) in [5, 5.41) is 6.76. The summed E-state index contributed by atoms with van der Waals surface area (Å²) in [4.78, 5) is 12.5. The number of aromatic nitrogens is 2. The smallest absolute Gasteiger partial charge is 0.143 e. The number of thiophene rings is 1. The number of benzene rings is 2. The Hall–Kier alpha value is -2.63. The molecule has 1 N–H and O–H groups in total. The molecule has 0 aliphatic carbocycles. The molecule has 0 radical (unpaired) electrons. The van der Waals surface area contributed by atoms with Gasteiger partial charge in [-0.3, -0.25) is 0 Å². The summed E-state index contributed by atoms with van der Waals surface area (Å²) in [6, 6.07) is 19.1. The van der Waals surface area contributed by atoms with Crippen LogP contribution in [0.2, 0.25) is 0 Å². The molecule has 4 aromatic rings. The van der Waals surface area contributed by atoms with E-state index < -0.39 is 0 Å². The lowest BCUT2D eigenvalue weighted by Gasteiger charge is -2.28. The van der Waals surface area contributed by atoms with E-state index in [0.717, 1.165) is 34.8 Å². The van der Waals surface area contributed by atoms with Crippen molar-refractivity contribution >= 4 is 51.2 Å². The maximum absolute atomic E-state index is 4.55. The fourth-order valence-corrected chi connectivity index (χ4v) is 4.76. The van der Waals surface area contributed by atoms with Gasteiger partial charge in [0, 0.05) is 35.4 Å². The molecule has 5 rings (SSSR count). The van der Waals surface area contributed by atoms with Crippen molar-refractivity contribution in [2.24, 2.45) is 0 Å². The third-order valence-electron chi connectivity index (χ3n) is 5.31. The van der Waals surface area contributed by atoms with Gasteiger partial charge in [0.15, 0.2) is 0 Å². The molecule has 4 nitrogen and oxygen atoms in total. The van der Waals surface area contributed by atoms with E-state index in [4.69, 9.17) is 0 Å². The van der Waals surface area contributed by atoms with Crippen molar-refractivity contribution < 1.29 is 0 Å². The number of hydrogen-bond acceptors (Lipinski definition) is 5. The summed E-state index contributed by atoms with van der Waals surface area (Å²) in [5.74, 6) is 0.857. The molecule has 1 saturated heterocycles. The van der Waals surface area contributed by atoms with Crippen LogP contribution >= 0.6 is 23.7 Å². The molecule has 1 aliphatic heterocycles. The quantitative estimate of drug-likeness (QED) is 0.406. The van der Waals surface area contributed by atoms with Crippen LogP contribution < -0.4 is 10.2 Å². The highest BCUT2D eigenvalue weighted by Gasteiger charge is 2.14. The molecular formula is C23H23ClN4S. The zero-order valence-electron chi connectivity index (χ0n) is 16.0. The zero-order chi connectivity index (χ0) is 18.8. The van der Waals surface area contributed by atoms with Crippen LogP contribution in [0, 0.1) is 0 Å². The van der Waals surface area contributed by atoms with Crippen LogP contribution in [-0.2, 0) is 0 Å². The van der Waals surface area contributed by atoms with E-state index in [0.29, 0.717) is 0 Å². The highest BCUT2D eigenvalue weighted by atomic mass is 35.5. The van der Waals surface area contributed by atoms with Gasteiger partial charge in [-0.2, -0.15) is 0 Å². The highest BCUT2D eigenvalue weighted by molar-refractivity contribution is 7.17. The fourth-order valence-electron chi connectivity index (χ4n) is 3.84. The van der Waals surface area contributed by atoms with Crippen molar-refractivity contribution in [2.45, 2.75) is 19.3 Å². The Bertz CT molecular complexity index is 1070. The van der Waals surface area contributed by atoms with Gasteiger partial charge in [-0.15, -0.1) is 23.7 Å². The lowest BCUT2D eigenvalue weighted by molar-refractivity contribution is 0.578. The lowest BCUT2D eigenvalue weighted by Crippen LogP contribution is -2.29. The summed E-state index contributed by atoms with van der Waals surface area (Å²) >= 11 is 1.66.